The van der Waals surface area contributed by atoms with Crippen LogP contribution in [0.15, 0.2) is 48.5 Å². The van der Waals surface area contributed by atoms with Gasteiger partial charge in [-0.25, -0.2) is 4.98 Å². The van der Waals surface area contributed by atoms with E-state index >= 15 is 0 Å². The van der Waals surface area contributed by atoms with Gasteiger partial charge in [-0.2, -0.15) is 5.26 Å². The highest BCUT2D eigenvalue weighted by Gasteiger charge is 2.24. The molecule has 0 radical (unpaired) electrons. The van der Waals surface area contributed by atoms with Gasteiger partial charge in [0.1, 0.15) is 5.82 Å². The molecule has 0 aliphatic carbocycles. The van der Waals surface area contributed by atoms with Crippen molar-refractivity contribution in [1.82, 2.24) is 15.3 Å². The molecular weight excluding hydrogens is 316 g/mol. The van der Waals surface area contributed by atoms with Crippen molar-refractivity contribution in [2.24, 2.45) is 0 Å². The SMILES string of the molecule is Cc1ccc(C(=O)NCC(=O)C(C#N)c2nc3ccccc3[nH]2)cc1. The lowest BCUT2D eigenvalue weighted by atomic mass is 10.1. The number of rotatable bonds is 5. The second-order valence-electron chi connectivity index (χ2n) is 5.72. The number of nitrogens with zero attached hydrogens (tertiary/aromatic N) is 2. The van der Waals surface area contributed by atoms with E-state index in [1.165, 1.54) is 0 Å². The fourth-order valence-electron chi connectivity index (χ4n) is 2.47. The second kappa shape index (κ2) is 6.97. The zero-order valence-electron chi connectivity index (χ0n) is 13.6. The third-order valence-electron chi connectivity index (χ3n) is 3.87. The van der Waals surface area contributed by atoms with Crippen molar-refractivity contribution < 1.29 is 9.59 Å². The number of aromatic nitrogens is 2. The summed E-state index contributed by atoms with van der Waals surface area (Å²) in [4.78, 5) is 31.7. The van der Waals surface area contributed by atoms with Crippen LogP contribution in [-0.4, -0.2) is 28.2 Å². The Morgan fingerprint density at radius 1 is 1.20 bits per heavy atom. The van der Waals surface area contributed by atoms with Crippen molar-refractivity contribution >= 4 is 22.7 Å². The molecule has 1 atom stereocenters. The second-order valence-corrected chi connectivity index (χ2v) is 5.72. The molecule has 3 rings (SSSR count). The van der Waals surface area contributed by atoms with Crippen molar-refractivity contribution in [3.8, 4) is 6.07 Å². The number of carbonyl (C=O) groups is 2. The van der Waals surface area contributed by atoms with Crippen LogP contribution in [-0.2, 0) is 4.79 Å². The van der Waals surface area contributed by atoms with Crippen LogP contribution < -0.4 is 5.32 Å². The van der Waals surface area contributed by atoms with Gasteiger partial charge in [0.2, 0.25) is 0 Å². The van der Waals surface area contributed by atoms with Crippen LogP contribution in [0, 0.1) is 18.3 Å². The number of aromatic amines is 1. The first-order valence-corrected chi connectivity index (χ1v) is 7.80. The maximum Gasteiger partial charge on any atom is 0.251 e. The molecule has 6 heteroatoms. The fourth-order valence-corrected chi connectivity index (χ4v) is 2.47. The lowest BCUT2D eigenvalue weighted by molar-refractivity contribution is -0.118. The first-order chi connectivity index (χ1) is 12.1. The van der Waals surface area contributed by atoms with E-state index < -0.39 is 11.7 Å². The van der Waals surface area contributed by atoms with Crippen molar-refractivity contribution in [2.75, 3.05) is 6.54 Å². The summed E-state index contributed by atoms with van der Waals surface area (Å²) in [7, 11) is 0. The average Bonchev–Trinajstić information content (AvgIpc) is 3.04. The number of carbonyl (C=O) groups excluding carboxylic acids is 2. The molecule has 1 unspecified atom stereocenters. The lowest BCUT2D eigenvalue weighted by Gasteiger charge is -2.07. The van der Waals surface area contributed by atoms with E-state index in [0.29, 0.717) is 16.9 Å². The quantitative estimate of drug-likeness (QED) is 0.750. The van der Waals surface area contributed by atoms with Gasteiger partial charge in [0.25, 0.3) is 5.91 Å². The molecule has 6 nitrogen and oxygen atoms in total. The Morgan fingerprint density at radius 2 is 1.92 bits per heavy atom. The average molecular weight is 332 g/mol. The first-order valence-electron chi connectivity index (χ1n) is 7.80. The number of ketones is 1. The van der Waals surface area contributed by atoms with E-state index in [1.54, 1.807) is 18.2 Å². The van der Waals surface area contributed by atoms with E-state index in [-0.39, 0.29) is 12.5 Å². The van der Waals surface area contributed by atoms with E-state index in [4.69, 9.17) is 0 Å². The molecule has 0 saturated carbocycles. The number of H-pyrrole nitrogens is 1. The molecule has 2 aromatic carbocycles. The summed E-state index contributed by atoms with van der Waals surface area (Å²) < 4.78 is 0. The summed E-state index contributed by atoms with van der Waals surface area (Å²) in [6.45, 7) is 1.69. The summed E-state index contributed by atoms with van der Waals surface area (Å²) in [6.07, 6.45) is 0. The minimum absolute atomic E-state index is 0.234. The van der Waals surface area contributed by atoms with Gasteiger partial charge in [0, 0.05) is 5.56 Å². The molecule has 0 fully saturated rings. The van der Waals surface area contributed by atoms with E-state index in [1.807, 2.05) is 43.3 Å². The molecule has 25 heavy (non-hydrogen) atoms. The van der Waals surface area contributed by atoms with Gasteiger partial charge in [-0.1, -0.05) is 29.8 Å². The van der Waals surface area contributed by atoms with Crippen LogP contribution in [0.1, 0.15) is 27.7 Å². The number of benzene rings is 2. The first kappa shape index (κ1) is 16.4. The molecule has 0 aliphatic heterocycles. The Bertz CT molecular complexity index is 934. The molecule has 1 amide bonds. The minimum atomic E-state index is -1.05. The summed E-state index contributed by atoms with van der Waals surface area (Å²) in [5, 5.41) is 11.9. The Kier molecular flexibility index (Phi) is 4.57. The Labute approximate surface area is 144 Å². The van der Waals surface area contributed by atoms with Crippen LogP contribution in [0.4, 0.5) is 0 Å². The standard InChI is InChI=1S/C19H16N4O2/c1-12-6-8-13(9-7-12)19(25)21-11-17(24)14(10-20)18-22-15-4-2-3-5-16(15)23-18/h2-9,14H,11H2,1H3,(H,21,25)(H,22,23). The molecule has 0 aliphatic rings. The van der Waals surface area contributed by atoms with Crippen LogP contribution in [0.25, 0.3) is 11.0 Å². The molecule has 1 heterocycles. The summed E-state index contributed by atoms with van der Waals surface area (Å²) in [6, 6.07) is 16.3. The molecule has 1 aromatic heterocycles. The van der Waals surface area contributed by atoms with Crippen molar-refractivity contribution in [2.45, 2.75) is 12.8 Å². The van der Waals surface area contributed by atoms with Crippen molar-refractivity contribution in [1.29, 1.82) is 5.26 Å². The van der Waals surface area contributed by atoms with E-state index in [0.717, 1.165) is 11.1 Å². The van der Waals surface area contributed by atoms with Crippen LogP contribution >= 0.6 is 0 Å². The van der Waals surface area contributed by atoms with Crippen LogP contribution in [0.3, 0.4) is 0 Å². The monoisotopic (exact) mass is 332 g/mol. The molecule has 3 aromatic rings. The van der Waals surface area contributed by atoms with Gasteiger partial charge in [-0.3, -0.25) is 9.59 Å². The zero-order chi connectivity index (χ0) is 17.8. The highest BCUT2D eigenvalue weighted by atomic mass is 16.2. The maximum atomic E-state index is 12.3. The molecule has 124 valence electrons. The van der Waals surface area contributed by atoms with Gasteiger partial charge in [-0.15, -0.1) is 0 Å². The molecule has 0 spiro atoms. The van der Waals surface area contributed by atoms with Gasteiger partial charge in [0.05, 0.1) is 23.6 Å². The predicted octanol–water partition coefficient (Wildman–Crippen LogP) is 2.48. The maximum absolute atomic E-state index is 12.3. The number of imidazole rings is 1. The van der Waals surface area contributed by atoms with E-state index in [2.05, 4.69) is 15.3 Å². The number of aryl methyl sites for hydroxylation is 1. The number of amides is 1. The zero-order valence-corrected chi connectivity index (χ0v) is 13.6. The number of Topliss-reactive ketones (excluding diaryl/α,β-unsaturated/α-hetero) is 1. The third kappa shape index (κ3) is 3.56. The number of hydrogen-bond donors (Lipinski definition) is 2. The number of nitriles is 1. The Balaban J connectivity index is 1.69. The van der Waals surface area contributed by atoms with Crippen LogP contribution in [0.2, 0.25) is 0 Å². The molecule has 2 N–H and O–H groups in total. The lowest BCUT2D eigenvalue weighted by Crippen LogP contribution is -2.32. The molecule has 0 bridgehead atoms. The van der Waals surface area contributed by atoms with Crippen molar-refractivity contribution in [3.63, 3.8) is 0 Å². The number of hydrogen-bond acceptors (Lipinski definition) is 4. The summed E-state index contributed by atoms with van der Waals surface area (Å²) in [5.41, 5.74) is 2.96. The largest absolute Gasteiger partial charge is 0.345 e. The van der Waals surface area contributed by atoms with Gasteiger partial charge in [0.15, 0.2) is 11.7 Å². The van der Waals surface area contributed by atoms with Crippen molar-refractivity contribution in [3.05, 3.63) is 65.5 Å². The molecular formula is C19H16N4O2. The molecule has 0 saturated heterocycles. The normalized spacial score (nSPS) is 11.7. The third-order valence-corrected chi connectivity index (χ3v) is 3.87. The minimum Gasteiger partial charge on any atom is -0.345 e. The summed E-state index contributed by atoms with van der Waals surface area (Å²) >= 11 is 0. The summed E-state index contributed by atoms with van der Waals surface area (Å²) in [5.74, 6) is -1.53. The smallest absolute Gasteiger partial charge is 0.251 e. The number of para-hydroxylation sites is 2. The highest BCUT2D eigenvalue weighted by Crippen LogP contribution is 2.17. The number of fused-ring (bicyclic) bond motifs is 1. The fraction of sp³-hybridized carbons (Fsp3) is 0.158. The predicted molar refractivity (Wildman–Crippen MR) is 93.0 cm³/mol. The van der Waals surface area contributed by atoms with Gasteiger partial charge < -0.3 is 10.3 Å². The Hall–Kier alpha value is -3.46. The van der Waals surface area contributed by atoms with Gasteiger partial charge >= 0.3 is 0 Å². The topological polar surface area (TPSA) is 98.6 Å². The number of nitrogens with one attached hydrogen (secondary N) is 2. The van der Waals surface area contributed by atoms with Gasteiger partial charge in [-0.05, 0) is 31.2 Å². The highest BCUT2D eigenvalue weighted by molar-refractivity contribution is 5.98. The van der Waals surface area contributed by atoms with E-state index in [9.17, 15) is 14.9 Å². The van der Waals surface area contributed by atoms with Crippen LogP contribution in [0.5, 0.6) is 0 Å². The Morgan fingerprint density at radius 3 is 2.60 bits per heavy atom.